The first-order valence-corrected chi connectivity index (χ1v) is 8.26. The molecule has 0 aliphatic carbocycles. The molecule has 3 rings (SSSR count). The van der Waals surface area contributed by atoms with Crippen molar-refractivity contribution >= 4 is 12.0 Å². The fourth-order valence-electron chi connectivity index (χ4n) is 2.57. The van der Waals surface area contributed by atoms with Gasteiger partial charge in [-0.2, -0.15) is 0 Å². The summed E-state index contributed by atoms with van der Waals surface area (Å²) in [5.74, 6) is 0.894. The molecule has 0 saturated carbocycles. The highest BCUT2D eigenvalue weighted by Gasteiger charge is 2.12. The third-order valence-corrected chi connectivity index (χ3v) is 3.98. The Hall–Kier alpha value is -2.59. The molecule has 4 nitrogen and oxygen atoms in total. The number of nitrogens with one attached hydrogen (secondary N) is 1. The second kappa shape index (κ2) is 8.31. The van der Waals surface area contributed by atoms with E-state index < -0.39 is 0 Å². The van der Waals surface area contributed by atoms with Gasteiger partial charge < -0.3 is 15.0 Å². The molecule has 124 valence electrons. The van der Waals surface area contributed by atoms with Crippen molar-refractivity contribution in [3.63, 3.8) is 0 Å². The second-order valence-electron chi connectivity index (χ2n) is 5.75. The van der Waals surface area contributed by atoms with Gasteiger partial charge in [-0.3, -0.25) is 4.79 Å². The van der Waals surface area contributed by atoms with E-state index in [1.807, 2.05) is 65.6 Å². The fraction of sp³-hybridized carbons (Fsp3) is 0.250. The van der Waals surface area contributed by atoms with Crippen LogP contribution in [0.15, 0.2) is 60.7 Å². The minimum Gasteiger partial charge on any atom is -0.489 e. The van der Waals surface area contributed by atoms with Crippen LogP contribution in [0.2, 0.25) is 0 Å². The molecule has 0 unspecified atom stereocenters. The van der Waals surface area contributed by atoms with E-state index in [1.54, 1.807) is 6.08 Å². The number of amides is 1. The van der Waals surface area contributed by atoms with Crippen molar-refractivity contribution in [2.45, 2.75) is 6.61 Å². The van der Waals surface area contributed by atoms with Gasteiger partial charge in [0.2, 0.25) is 5.91 Å². The van der Waals surface area contributed by atoms with Gasteiger partial charge in [-0.15, -0.1) is 0 Å². The molecule has 24 heavy (non-hydrogen) atoms. The number of hydrogen-bond donors (Lipinski definition) is 1. The molecular weight excluding hydrogens is 300 g/mol. The van der Waals surface area contributed by atoms with Gasteiger partial charge in [-0.05, 0) is 29.3 Å². The molecule has 1 aliphatic heterocycles. The molecule has 0 radical (unpaired) electrons. The molecule has 1 N–H and O–H groups in total. The van der Waals surface area contributed by atoms with E-state index in [0.717, 1.165) is 43.1 Å². The summed E-state index contributed by atoms with van der Waals surface area (Å²) >= 11 is 0. The van der Waals surface area contributed by atoms with Gasteiger partial charge in [0.25, 0.3) is 0 Å². The van der Waals surface area contributed by atoms with Gasteiger partial charge in [0.15, 0.2) is 0 Å². The number of benzene rings is 2. The number of piperazine rings is 1. The van der Waals surface area contributed by atoms with Crippen molar-refractivity contribution in [2.75, 3.05) is 26.2 Å². The second-order valence-corrected chi connectivity index (χ2v) is 5.75. The Balaban J connectivity index is 1.52. The van der Waals surface area contributed by atoms with Gasteiger partial charge in [-0.1, -0.05) is 42.5 Å². The first kappa shape index (κ1) is 16.3. The standard InChI is InChI=1S/C20H22N2O2/c23-20(22-14-12-21-13-15-22)11-8-17-6-9-19(10-7-17)24-16-18-4-2-1-3-5-18/h1-11,21H,12-16H2/b11-8+. The van der Waals surface area contributed by atoms with Gasteiger partial charge in [0, 0.05) is 32.3 Å². The van der Waals surface area contributed by atoms with Crippen LogP contribution < -0.4 is 10.1 Å². The Labute approximate surface area is 142 Å². The molecule has 2 aromatic carbocycles. The van der Waals surface area contributed by atoms with E-state index in [0.29, 0.717) is 6.61 Å². The largest absolute Gasteiger partial charge is 0.489 e. The number of hydrogen-bond acceptors (Lipinski definition) is 3. The van der Waals surface area contributed by atoms with E-state index in [9.17, 15) is 4.79 Å². The zero-order chi connectivity index (χ0) is 16.6. The molecule has 1 aliphatic rings. The fourth-order valence-corrected chi connectivity index (χ4v) is 2.57. The molecule has 1 saturated heterocycles. The molecule has 0 aromatic heterocycles. The molecule has 0 spiro atoms. The number of ether oxygens (including phenoxy) is 1. The van der Waals surface area contributed by atoms with Crippen molar-refractivity contribution in [2.24, 2.45) is 0 Å². The van der Waals surface area contributed by atoms with Crippen molar-refractivity contribution in [1.82, 2.24) is 10.2 Å². The van der Waals surface area contributed by atoms with Crippen molar-refractivity contribution < 1.29 is 9.53 Å². The molecule has 1 heterocycles. The van der Waals surface area contributed by atoms with Gasteiger partial charge in [0.05, 0.1) is 0 Å². The third kappa shape index (κ3) is 4.70. The van der Waals surface area contributed by atoms with Gasteiger partial charge in [0.1, 0.15) is 12.4 Å². The van der Waals surface area contributed by atoms with Crippen LogP contribution in [-0.4, -0.2) is 37.0 Å². The molecule has 0 atom stereocenters. The molecule has 4 heteroatoms. The smallest absolute Gasteiger partial charge is 0.246 e. The first-order chi connectivity index (χ1) is 11.8. The lowest BCUT2D eigenvalue weighted by atomic mass is 10.2. The minimum absolute atomic E-state index is 0.0703. The zero-order valence-electron chi connectivity index (χ0n) is 13.7. The van der Waals surface area contributed by atoms with E-state index in [4.69, 9.17) is 4.74 Å². The van der Waals surface area contributed by atoms with Crippen molar-refractivity contribution in [3.8, 4) is 5.75 Å². The Bertz CT molecular complexity index is 675. The van der Waals surface area contributed by atoms with E-state index in [1.165, 1.54) is 0 Å². The van der Waals surface area contributed by atoms with Crippen LogP contribution in [0.1, 0.15) is 11.1 Å². The lowest BCUT2D eigenvalue weighted by molar-refractivity contribution is -0.126. The predicted octanol–water partition coefficient (Wildman–Crippen LogP) is 2.71. The van der Waals surface area contributed by atoms with Crippen LogP contribution in [0.25, 0.3) is 6.08 Å². The zero-order valence-corrected chi connectivity index (χ0v) is 13.7. The Morgan fingerprint density at radius 3 is 2.46 bits per heavy atom. The molecule has 0 bridgehead atoms. The summed E-state index contributed by atoms with van der Waals surface area (Å²) in [6.07, 6.45) is 3.50. The monoisotopic (exact) mass is 322 g/mol. The van der Waals surface area contributed by atoms with Crippen molar-refractivity contribution in [3.05, 3.63) is 71.8 Å². The van der Waals surface area contributed by atoms with E-state index >= 15 is 0 Å². The highest BCUT2D eigenvalue weighted by atomic mass is 16.5. The van der Waals surface area contributed by atoms with Crippen LogP contribution >= 0.6 is 0 Å². The average molecular weight is 322 g/mol. The van der Waals surface area contributed by atoms with Crippen LogP contribution in [0, 0.1) is 0 Å². The summed E-state index contributed by atoms with van der Waals surface area (Å²) in [5, 5.41) is 3.24. The molecule has 1 amide bonds. The van der Waals surface area contributed by atoms with Gasteiger partial charge >= 0.3 is 0 Å². The lowest BCUT2D eigenvalue weighted by Crippen LogP contribution is -2.45. The maximum absolute atomic E-state index is 12.1. The normalized spacial score (nSPS) is 14.8. The molecule has 1 fully saturated rings. The minimum atomic E-state index is 0.0703. The average Bonchev–Trinajstić information content (AvgIpc) is 2.67. The first-order valence-electron chi connectivity index (χ1n) is 8.26. The maximum atomic E-state index is 12.1. The molecule has 2 aromatic rings. The van der Waals surface area contributed by atoms with Gasteiger partial charge in [-0.25, -0.2) is 0 Å². The van der Waals surface area contributed by atoms with Crippen molar-refractivity contribution in [1.29, 1.82) is 0 Å². The number of carbonyl (C=O) groups is 1. The quantitative estimate of drug-likeness (QED) is 0.861. The highest BCUT2D eigenvalue weighted by Crippen LogP contribution is 2.15. The van der Waals surface area contributed by atoms with Crippen LogP contribution in [0.3, 0.4) is 0 Å². The summed E-state index contributed by atoms with van der Waals surface area (Å²) in [6, 6.07) is 17.9. The topological polar surface area (TPSA) is 41.6 Å². The Morgan fingerprint density at radius 2 is 1.75 bits per heavy atom. The summed E-state index contributed by atoms with van der Waals surface area (Å²) < 4.78 is 5.76. The Morgan fingerprint density at radius 1 is 1.04 bits per heavy atom. The van der Waals surface area contributed by atoms with Crippen LogP contribution in [0.5, 0.6) is 5.75 Å². The number of nitrogens with zero attached hydrogens (tertiary/aromatic N) is 1. The summed E-state index contributed by atoms with van der Waals surface area (Å²) in [6.45, 7) is 3.84. The lowest BCUT2D eigenvalue weighted by Gasteiger charge is -2.26. The third-order valence-electron chi connectivity index (χ3n) is 3.98. The van der Waals surface area contributed by atoms with Crippen LogP contribution in [-0.2, 0) is 11.4 Å². The maximum Gasteiger partial charge on any atom is 0.246 e. The SMILES string of the molecule is O=C(/C=C/c1ccc(OCc2ccccc2)cc1)N1CCNCC1. The summed E-state index contributed by atoms with van der Waals surface area (Å²) in [5.41, 5.74) is 2.13. The highest BCUT2D eigenvalue weighted by molar-refractivity contribution is 5.91. The predicted molar refractivity (Wildman–Crippen MR) is 95.7 cm³/mol. The number of carbonyl (C=O) groups excluding carboxylic acids is 1. The number of rotatable bonds is 5. The van der Waals surface area contributed by atoms with E-state index in [-0.39, 0.29) is 5.91 Å². The van der Waals surface area contributed by atoms with E-state index in [2.05, 4.69) is 5.32 Å². The Kier molecular flexibility index (Phi) is 5.64. The summed E-state index contributed by atoms with van der Waals surface area (Å²) in [7, 11) is 0. The molecular formula is C20H22N2O2. The summed E-state index contributed by atoms with van der Waals surface area (Å²) in [4.78, 5) is 13.9. The van der Waals surface area contributed by atoms with Crippen LogP contribution in [0.4, 0.5) is 0 Å².